The highest BCUT2D eigenvalue weighted by molar-refractivity contribution is 5.28. The summed E-state index contributed by atoms with van der Waals surface area (Å²) >= 11 is 0. The minimum Gasteiger partial charge on any atom is -0.493 e. The topological polar surface area (TPSA) is 53.1 Å². The van der Waals surface area contributed by atoms with Gasteiger partial charge in [-0.15, -0.1) is 0 Å². The number of hydrogen-bond acceptors (Lipinski definition) is 3. The summed E-state index contributed by atoms with van der Waals surface area (Å²) in [6.07, 6.45) is 2.68. The van der Waals surface area contributed by atoms with Crippen molar-refractivity contribution in [3.05, 3.63) is 11.9 Å². The molecule has 2 N–H and O–H groups in total. The van der Waals surface area contributed by atoms with Crippen LogP contribution in [0.1, 0.15) is 38.9 Å². The van der Waals surface area contributed by atoms with Gasteiger partial charge in [0.05, 0.1) is 25.0 Å². The van der Waals surface area contributed by atoms with E-state index in [1.54, 1.807) is 13.3 Å². The van der Waals surface area contributed by atoms with E-state index < -0.39 is 0 Å². The van der Waals surface area contributed by atoms with Crippen LogP contribution < -0.4 is 10.5 Å². The van der Waals surface area contributed by atoms with Gasteiger partial charge in [0.1, 0.15) is 0 Å². The van der Waals surface area contributed by atoms with Crippen molar-refractivity contribution in [2.24, 2.45) is 11.7 Å². The Morgan fingerprint density at radius 2 is 2.20 bits per heavy atom. The lowest BCUT2D eigenvalue weighted by Crippen LogP contribution is -2.18. The van der Waals surface area contributed by atoms with Gasteiger partial charge >= 0.3 is 0 Å². The van der Waals surface area contributed by atoms with E-state index in [0.29, 0.717) is 5.92 Å². The van der Waals surface area contributed by atoms with Gasteiger partial charge in [0.25, 0.3) is 0 Å². The fourth-order valence-electron chi connectivity index (χ4n) is 1.78. The van der Waals surface area contributed by atoms with E-state index in [1.165, 1.54) is 0 Å². The van der Waals surface area contributed by atoms with Gasteiger partial charge in [0, 0.05) is 6.54 Å². The molecule has 1 aromatic rings. The molecule has 0 amide bonds. The van der Waals surface area contributed by atoms with Crippen molar-refractivity contribution in [2.45, 2.75) is 39.8 Å². The summed E-state index contributed by atoms with van der Waals surface area (Å²) in [5.74, 6) is 1.37. The maximum atomic E-state index is 6.15. The second kappa shape index (κ2) is 5.16. The van der Waals surface area contributed by atoms with E-state index in [4.69, 9.17) is 10.5 Å². The number of nitrogens with two attached hydrogens (primary N) is 1. The average molecular weight is 211 g/mol. The first kappa shape index (κ1) is 12.0. The molecule has 0 aromatic carbocycles. The van der Waals surface area contributed by atoms with E-state index >= 15 is 0 Å². The molecule has 0 aliphatic carbocycles. The van der Waals surface area contributed by atoms with Crippen LogP contribution >= 0.6 is 0 Å². The lowest BCUT2D eigenvalue weighted by molar-refractivity contribution is 0.392. The van der Waals surface area contributed by atoms with Crippen LogP contribution in [0.4, 0.5) is 0 Å². The molecule has 0 saturated carbocycles. The average Bonchev–Trinajstić information content (AvgIpc) is 2.58. The van der Waals surface area contributed by atoms with Crippen LogP contribution in [0, 0.1) is 5.92 Å². The van der Waals surface area contributed by atoms with Crippen molar-refractivity contribution in [2.75, 3.05) is 7.11 Å². The number of aryl methyl sites for hydroxylation is 1. The largest absolute Gasteiger partial charge is 0.493 e. The van der Waals surface area contributed by atoms with Gasteiger partial charge in [0.2, 0.25) is 0 Å². The molecule has 1 heterocycles. The quantitative estimate of drug-likeness (QED) is 0.810. The predicted octanol–water partition coefficient (Wildman–Crippen LogP) is 1.96. The Kier molecular flexibility index (Phi) is 4.15. The van der Waals surface area contributed by atoms with Gasteiger partial charge in [-0.2, -0.15) is 5.10 Å². The van der Waals surface area contributed by atoms with Crippen LogP contribution in [0.2, 0.25) is 0 Å². The van der Waals surface area contributed by atoms with Crippen LogP contribution in [0.15, 0.2) is 6.20 Å². The second-order valence-electron chi connectivity index (χ2n) is 4.15. The van der Waals surface area contributed by atoms with E-state index in [2.05, 4.69) is 25.9 Å². The lowest BCUT2D eigenvalue weighted by Gasteiger charge is -2.16. The normalized spacial score (nSPS) is 13.2. The van der Waals surface area contributed by atoms with Gasteiger partial charge < -0.3 is 10.5 Å². The highest BCUT2D eigenvalue weighted by Crippen LogP contribution is 2.27. The number of nitrogens with zero attached hydrogens (tertiary/aromatic N) is 2. The summed E-state index contributed by atoms with van der Waals surface area (Å²) in [5.41, 5.74) is 7.16. The fourth-order valence-corrected chi connectivity index (χ4v) is 1.78. The van der Waals surface area contributed by atoms with Crippen LogP contribution in [-0.4, -0.2) is 16.9 Å². The zero-order valence-electron chi connectivity index (χ0n) is 10.0. The van der Waals surface area contributed by atoms with Crippen LogP contribution in [0.3, 0.4) is 0 Å². The van der Waals surface area contributed by atoms with Gasteiger partial charge in [-0.05, 0) is 19.3 Å². The molecule has 0 saturated heterocycles. The summed E-state index contributed by atoms with van der Waals surface area (Å²) < 4.78 is 7.18. The molecule has 1 unspecified atom stereocenters. The van der Waals surface area contributed by atoms with Crippen molar-refractivity contribution in [3.8, 4) is 5.75 Å². The molecule has 15 heavy (non-hydrogen) atoms. The molecule has 0 radical (unpaired) electrons. The molecule has 1 rings (SSSR count). The number of rotatable bonds is 5. The van der Waals surface area contributed by atoms with Crippen molar-refractivity contribution in [1.82, 2.24) is 9.78 Å². The van der Waals surface area contributed by atoms with Crippen molar-refractivity contribution >= 4 is 0 Å². The first-order valence-electron chi connectivity index (χ1n) is 5.45. The molecular weight excluding hydrogens is 190 g/mol. The molecular formula is C11H21N3O. The van der Waals surface area contributed by atoms with Gasteiger partial charge in [-0.3, -0.25) is 4.68 Å². The molecule has 86 valence electrons. The van der Waals surface area contributed by atoms with E-state index in [1.807, 2.05) is 4.68 Å². The van der Waals surface area contributed by atoms with Gasteiger partial charge in [0.15, 0.2) is 5.75 Å². The number of aromatic nitrogens is 2. The second-order valence-corrected chi connectivity index (χ2v) is 4.15. The smallest absolute Gasteiger partial charge is 0.161 e. The maximum Gasteiger partial charge on any atom is 0.161 e. The molecule has 4 heteroatoms. The summed E-state index contributed by atoms with van der Waals surface area (Å²) in [7, 11) is 1.66. The summed E-state index contributed by atoms with van der Waals surface area (Å²) in [5, 5.41) is 4.25. The minimum atomic E-state index is 0.00222. The molecule has 0 spiro atoms. The summed E-state index contributed by atoms with van der Waals surface area (Å²) in [6, 6.07) is 0.00222. The van der Waals surface area contributed by atoms with E-state index in [-0.39, 0.29) is 6.04 Å². The first-order valence-corrected chi connectivity index (χ1v) is 5.45. The zero-order valence-corrected chi connectivity index (χ0v) is 10.0. The maximum absolute atomic E-state index is 6.15. The number of methoxy groups -OCH3 is 1. The minimum absolute atomic E-state index is 0.00222. The first-order chi connectivity index (χ1) is 7.10. The Morgan fingerprint density at radius 3 is 2.67 bits per heavy atom. The Balaban J connectivity index is 2.93. The molecule has 0 bridgehead atoms. The van der Waals surface area contributed by atoms with Crippen molar-refractivity contribution in [1.29, 1.82) is 0 Å². The molecule has 4 nitrogen and oxygen atoms in total. The fraction of sp³-hybridized carbons (Fsp3) is 0.727. The van der Waals surface area contributed by atoms with Gasteiger partial charge in [-0.1, -0.05) is 13.8 Å². The lowest BCUT2D eigenvalue weighted by atomic mass is 10.0. The third-order valence-electron chi connectivity index (χ3n) is 2.44. The standard InChI is InChI=1S/C11H21N3O/c1-5-14-11(9(12)6-8(2)3)10(15-4)7-13-14/h7-9H,5-6,12H2,1-4H3. The Morgan fingerprint density at radius 1 is 1.53 bits per heavy atom. The molecule has 1 aromatic heterocycles. The molecule has 1 atom stereocenters. The number of hydrogen-bond donors (Lipinski definition) is 1. The Labute approximate surface area is 91.4 Å². The monoisotopic (exact) mass is 211 g/mol. The van der Waals surface area contributed by atoms with Crippen molar-refractivity contribution < 1.29 is 4.74 Å². The van der Waals surface area contributed by atoms with Crippen LogP contribution in [0.25, 0.3) is 0 Å². The molecule has 0 aliphatic rings. The molecule has 0 aliphatic heterocycles. The van der Waals surface area contributed by atoms with Gasteiger partial charge in [-0.25, -0.2) is 0 Å². The summed E-state index contributed by atoms with van der Waals surface area (Å²) in [6.45, 7) is 7.21. The third-order valence-corrected chi connectivity index (χ3v) is 2.44. The summed E-state index contributed by atoms with van der Waals surface area (Å²) in [4.78, 5) is 0. The number of ether oxygens (including phenoxy) is 1. The highest BCUT2D eigenvalue weighted by Gasteiger charge is 2.18. The highest BCUT2D eigenvalue weighted by atomic mass is 16.5. The van der Waals surface area contributed by atoms with Crippen LogP contribution in [0.5, 0.6) is 5.75 Å². The third kappa shape index (κ3) is 2.72. The van der Waals surface area contributed by atoms with Crippen LogP contribution in [-0.2, 0) is 6.54 Å². The molecule has 0 fully saturated rings. The van der Waals surface area contributed by atoms with Crippen molar-refractivity contribution in [3.63, 3.8) is 0 Å². The Bertz CT molecular complexity index is 285. The Hall–Kier alpha value is -1.03. The zero-order chi connectivity index (χ0) is 11.4. The SMILES string of the molecule is CCn1ncc(OC)c1C(N)CC(C)C. The van der Waals surface area contributed by atoms with E-state index in [0.717, 1.165) is 24.4 Å². The predicted molar refractivity (Wildman–Crippen MR) is 60.8 cm³/mol. The van der Waals surface area contributed by atoms with E-state index in [9.17, 15) is 0 Å².